The molecule has 1 aromatic rings. The van der Waals surface area contributed by atoms with Gasteiger partial charge < -0.3 is 9.64 Å². The van der Waals surface area contributed by atoms with Gasteiger partial charge in [0.05, 0.1) is 12.6 Å². The number of esters is 1. The Hall–Kier alpha value is -2.03. The Morgan fingerprint density at radius 2 is 2.00 bits per heavy atom. The van der Waals surface area contributed by atoms with Crippen LogP contribution in [0.25, 0.3) is 0 Å². The maximum Gasteiger partial charge on any atom is 0.305 e. The van der Waals surface area contributed by atoms with Gasteiger partial charge in [0.2, 0.25) is 0 Å². The fraction of sp³-hybridized carbons (Fsp3) is 0.593. The Balaban J connectivity index is 1.72. The van der Waals surface area contributed by atoms with Crippen molar-refractivity contribution in [3.05, 3.63) is 47.3 Å². The van der Waals surface area contributed by atoms with E-state index in [2.05, 4.69) is 15.9 Å². The maximum absolute atomic E-state index is 14.8. The summed E-state index contributed by atoms with van der Waals surface area (Å²) in [7, 11) is 1.99. The molecule has 0 radical (unpaired) electrons. The highest BCUT2D eigenvalue weighted by Crippen LogP contribution is 2.40. The van der Waals surface area contributed by atoms with Gasteiger partial charge in [0.25, 0.3) is 0 Å². The predicted octanol–water partition coefficient (Wildman–Crippen LogP) is 4.40. The molecule has 2 aliphatic rings. The molecule has 0 aromatic heterocycles. The molecule has 3 rings (SSSR count). The summed E-state index contributed by atoms with van der Waals surface area (Å²) in [5, 5.41) is 0.117. The van der Waals surface area contributed by atoms with Crippen LogP contribution in [0.1, 0.15) is 57.6 Å². The summed E-state index contributed by atoms with van der Waals surface area (Å²) in [5.74, 6) is -0.414. The van der Waals surface area contributed by atoms with E-state index in [1.165, 1.54) is 17.8 Å². The van der Waals surface area contributed by atoms with Crippen molar-refractivity contribution in [2.45, 2.75) is 57.2 Å². The molecule has 1 aromatic carbocycles. The largest absolute Gasteiger partial charge is 0.466 e. The molecule has 6 nitrogen and oxygen atoms in total. The lowest BCUT2D eigenvalue weighted by Crippen LogP contribution is -2.43. The van der Waals surface area contributed by atoms with Gasteiger partial charge in [0, 0.05) is 49.7 Å². The lowest BCUT2D eigenvalue weighted by Gasteiger charge is -2.38. The second-order valence-corrected chi connectivity index (χ2v) is 10.8. The van der Waals surface area contributed by atoms with Crippen LogP contribution in [0.2, 0.25) is 0 Å². The van der Waals surface area contributed by atoms with E-state index < -0.39 is 6.04 Å². The number of nitrogens with zero attached hydrogens (tertiary/aromatic N) is 2. The second-order valence-electron chi connectivity index (χ2n) is 9.41. The minimum atomic E-state index is -0.599. The van der Waals surface area contributed by atoms with Crippen LogP contribution in [-0.2, 0) is 19.1 Å². The number of halogens is 1. The number of hydrogen-bond donors (Lipinski definition) is 0. The van der Waals surface area contributed by atoms with Gasteiger partial charge in [-0.2, -0.15) is 0 Å². The SMILES string of the molecule is CCOC(=O)CCCN(C)CC=C1CN(C(C(=O)C2CC2)c2ccccc2F)CCC1SC(C)=O. The van der Waals surface area contributed by atoms with Crippen molar-refractivity contribution in [2.24, 2.45) is 5.92 Å². The van der Waals surface area contributed by atoms with Gasteiger partial charge in [-0.05, 0) is 57.8 Å². The quantitative estimate of drug-likeness (QED) is 0.309. The first-order valence-electron chi connectivity index (χ1n) is 12.5. The van der Waals surface area contributed by atoms with Crippen molar-refractivity contribution in [2.75, 3.05) is 39.8 Å². The monoisotopic (exact) mass is 504 g/mol. The average molecular weight is 505 g/mol. The molecular weight excluding hydrogens is 467 g/mol. The molecule has 2 unspecified atom stereocenters. The summed E-state index contributed by atoms with van der Waals surface area (Å²) in [4.78, 5) is 41.0. The number of ketones is 1. The fourth-order valence-corrected chi connectivity index (χ4v) is 5.49. The van der Waals surface area contributed by atoms with Crippen LogP contribution in [0, 0.1) is 11.7 Å². The van der Waals surface area contributed by atoms with Crippen LogP contribution in [0.3, 0.4) is 0 Å². The van der Waals surface area contributed by atoms with Crippen LogP contribution in [0.15, 0.2) is 35.9 Å². The first kappa shape index (κ1) is 27.6. The normalized spacial score (nSPS) is 20.7. The zero-order valence-electron chi connectivity index (χ0n) is 21.0. The van der Waals surface area contributed by atoms with Crippen molar-refractivity contribution < 1.29 is 23.5 Å². The molecule has 0 N–H and O–H groups in total. The molecule has 1 aliphatic heterocycles. The Labute approximate surface area is 212 Å². The third-order valence-corrected chi connectivity index (χ3v) is 7.65. The Kier molecular flexibility index (Phi) is 10.5. The van der Waals surface area contributed by atoms with Crippen LogP contribution >= 0.6 is 11.8 Å². The summed E-state index contributed by atoms with van der Waals surface area (Å²) >= 11 is 1.33. The fourth-order valence-electron chi connectivity index (χ4n) is 4.54. The third-order valence-electron chi connectivity index (χ3n) is 6.49. The minimum Gasteiger partial charge on any atom is -0.466 e. The number of carbonyl (C=O) groups is 3. The van der Waals surface area contributed by atoms with E-state index in [4.69, 9.17) is 4.74 Å². The molecule has 8 heteroatoms. The van der Waals surface area contributed by atoms with Crippen LogP contribution < -0.4 is 0 Å². The number of thioether (sulfide) groups is 1. The molecule has 1 aliphatic carbocycles. The average Bonchev–Trinajstić information content (AvgIpc) is 3.66. The van der Waals surface area contributed by atoms with E-state index in [0.717, 1.165) is 31.4 Å². The molecule has 1 heterocycles. The molecule has 35 heavy (non-hydrogen) atoms. The molecular formula is C27H37FN2O4S. The van der Waals surface area contributed by atoms with Gasteiger partial charge in [0.15, 0.2) is 10.9 Å². The van der Waals surface area contributed by atoms with Gasteiger partial charge >= 0.3 is 5.97 Å². The summed E-state index contributed by atoms with van der Waals surface area (Å²) in [6.45, 7) is 6.34. The molecule has 0 bridgehead atoms. The number of likely N-dealkylation sites (tertiary alicyclic amines) is 1. The van der Waals surface area contributed by atoms with Gasteiger partial charge in [-0.15, -0.1) is 0 Å². The standard InChI is InChI=1S/C27H37FN2O4S/c1-4-34-25(32)10-7-15-29(3)16-13-21-18-30(17-14-24(21)35-19(2)31)26(27(33)20-11-12-20)22-8-5-6-9-23(22)28/h5-6,8-9,13,20,24,26H,4,7,10-12,14-18H2,1-3H3. The number of piperidine rings is 1. The predicted molar refractivity (Wildman–Crippen MR) is 137 cm³/mol. The van der Waals surface area contributed by atoms with Crippen LogP contribution in [0.4, 0.5) is 4.39 Å². The highest BCUT2D eigenvalue weighted by atomic mass is 32.2. The molecule has 0 amide bonds. The smallest absolute Gasteiger partial charge is 0.305 e. The van der Waals surface area contributed by atoms with Crippen molar-refractivity contribution in [3.63, 3.8) is 0 Å². The Morgan fingerprint density at radius 3 is 2.66 bits per heavy atom. The number of ether oxygens (including phenoxy) is 1. The number of likely N-dealkylation sites (N-methyl/N-ethyl adjacent to an activating group) is 1. The Morgan fingerprint density at radius 1 is 1.26 bits per heavy atom. The van der Waals surface area contributed by atoms with Crippen molar-refractivity contribution in [1.29, 1.82) is 0 Å². The number of benzene rings is 1. The zero-order valence-corrected chi connectivity index (χ0v) is 21.8. The number of carbonyl (C=O) groups excluding carboxylic acids is 3. The van der Waals surface area contributed by atoms with Crippen LogP contribution in [-0.4, -0.2) is 71.8 Å². The highest BCUT2D eigenvalue weighted by Gasteiger charge is 2.41. The molecule has 1 saturated heterocycles. The second kappa shape index (κ2) is 13.3. The lowest BCUT2D eigenvalue weighted by atomic mass is 9.93. The van der Waals surface area contributed by atoms with Crippen molar-refractivity contribution in [1.82, 2.24) is 9.80 Å². The Bertz CT molecular complexity index is 934. The van der Waals surface area contributed by atoms with Gasteiger partial charge in [-0.3, -0.25) is 19.3 Å². The highest BCUT2D eigenvalue weighted by molar-refractivity contribution is 8.14. The van der Waals surface area contributed by atoms with E-state index in [1.54, 1.807) is 32.0 Å². The van der Waals surface area contributed by atoms with E-state index in [-0.39, 0.29) is 33.9 Å². The number of rotatable bonds is 12. The minimum absolute atomic E-state index is 0.0156. The topological polar surface area (TPSA) is 66.9 Å². The maximum atomic E-state index is 14.8. The van der Waals surface area contributed by atoms with Gasteiger partial charge in [-0.25, -0.2) is 4.39 Å². The van der Waals surface area contributed by atoms with E-state index >= 15 is 0 Å². The van der Waals surface area contributed by atoms with E-state index in [9.17, 15) is 18.8 Å². The van der Waals surface area contributed by atoms with Crippen molar-refractivity contribution in [3.8, 4) is 0 Å². The molecule has 2 atom stereocenters. The first-order valence-corrected chi connectivity index (χ1v) is 13.4. The summed E-state index contributed by atoms with van der Waals surface area (Å²) < 4.78 is 19.8. The van der Waals surface area contributed by atoms with E-state index in [1.807, 2.05) is 7.05 Å². The van der Waals surface area contributed by atoms with Gasteiger partial charge in [0.1, 0.15) is 5.82 Å². The van der Waals surface area contributed by atoms with Gasteiger partial charge in [-0.1, -0.05) is 36.0 Å². The molecule has 1 saturated carbocycles. The lowest BCUT2D eigenvalue weighted by molar-refractivity contribution is -0.143. The third kappa shape index (κ3) is 8.26. The molecule has 2 fully saturated rings. The first-order chi connectivity index (χ1) is 16.8. The zero-order chi connectivity index (χ0) is 25.4. The molecule has 192 valence electrons. The van der Waals surface area contributed by atoms with Crippen LogP contribution in [0.5, 0.6) is 0 Å². The summed E-state index contributed by atoms with van der Waals surface area (Å²) in [5.41, 5.74) is 1.54. The number of Topliss-reactive ketones (excluding diaryl/α,β-unsaturated/α-hetero) is 1. The molecule has 0 spiro atoms. The van der Waals surface area contributed by atoms with Crippen molar-refractivity contribution >= 4 is 28.6 Å². The van der Waals surface area contributed by atoms with E-state index in [0.29, 0.717) is 44.6 Å². The summed E-state index contributed by atoms with van der Waals surface area (Å²) in [6.07, 6.45) is 5.71. The summed E-state index contributed by atoms with van der Waals surface area (Å²) in [6, 6.07) is 5.97. The number of hydrogen-bond acceptors (Lipinski definition) is 7.